The number of carbonyl (C=O) groups is 4. The Morgan fingerprint density at radius 2 is 0.529 bits per heavy atom. The lowest BCUT2D eigenvalue weighted by atomic mass is 10.0. The van der Waals surface area contributed by atoms with E-state index >= 15 is 0 Å². The Balaban J connectivity index is 5.23. The molecule has 0 bridgehead atoms. The average molecular weight is 1280 g/mol. The normalized spacial score (nSPS) is 14.2. The smallest absolute Gasteiger partial charge is 0.462 e. The van der Waals surface area contributed by atoms with Gasteiger partial charge in [-0.1, -0.05) is 292 Å². The highest BCUT2D eigenvalue weighted by atomic mass is 31.2. The maximum absolute atomic E-state index is 13.0. The van der Waals surface area contributed by atoms with Crippen LogP contribution in [0.25, 0.3) is 0 Å². The Bertz CT molecular complexity index is 1700. The molecule has 2 unspecified atom stereocenters. The first kappa shape index (κ1) is 85.1. The molecule has 0 heterocycles. The summed E-state index contributed by atoms with van der Waals surface area (Å²) in [7, 11) is -9.89. The van der Waals surface area contributed by atoms with E-state index in [0.717, 1.165) is 102 Å². The summed E-state index contributed by atoms with van der Waals surface area (Å²) in [4.78, 5) is 72.4. The predicted molar refractivity (Wildman–Crippen MR) is 349 cm³/mol. The predicted octanol–water partition coefficient (Wildman–Crippen LogP) is 19.2. The number of hydrogen-bond acceptors (Lipinski definition) is 15. The number of aliphatic hydroxyl groups is 1. The number of carbonyl (C=O) groups excluding carboxylic acids is 4. The van der Waals surface area contributed by atoms with Gasteiger partial charge >= 0.3 is 39.5 Å². The Kier molecular flexibility index (Phi) is 59.0. The molecule has 0 aromatic heterocycles. The second-order valence-electron chi connectivity index (χ2n) is 25.5. The van der Waals surface area contributed by atoms with Crippen LogP contribution in [0.4, 0.5) is 0 Å². The number of phosphoric acid groups is 2. The molecule has 0 aliphatic heterocycles. The summed E-state index contributed by atoms with van der Waals surface area (Å²) < 4.78 is 68.1. The molecule has 0 radical (unpaired) electrons. The third-order valence-electron chi connectivity index (χ3n) is 15.7. The van der Waals surface area contributed by atoms with E-state index in [0.29, 0.717) is 31.6 Å². The number of esters is 4. The fourth-order valence-corrected chi connectivity index (χ4v) is 11.8. The lowest BCUT2D eigenvalue weighted by Crippen LogP contribution is -2.30. The van der Waals surface area contributed by atoms with Crippen LogP contribution in [0.5, 0.6) is 0 Å². The van der Waals surface area contributed by atoms with Crippen LogP contribution in [0.3, 0.4) is 0 Å². The van der Waals surface area contributed by atoms with E-state index in [-0.39, 0.29) is 25.7 Å². The van der Waals surface area contributed by atoms with Gasteiger partial charge in [0.2, 0.25) is 0 Å². The van der Waals surface area contributed by atoms with Gasteiger partial charge in [-0.25, -0.2) is 9.13 Å². The van der Waals surface area contributed by atoms with Gasteiger partial charge in [-0.3, -0.25) is 37.3 Å². The molecule has 0 saturated heterocycles. The van der Waals surface area contributed by atoms with Gasteiger partial charge in [-0.15, -0.1) is 0 Å². The van der Waals surface area contributed by atoms with Crippen molar-refractivity contribution < 1.29 is 80.2 Å². The second kappa shape index (κ2) is 60.3. The van der Waals surface area contributed by atoms with Crippen molar-refractivity contribution in [2.75, 3.05) is 39.6 Å². The molecule has 5 atom stereocenters. The standard InChI is InChI=1S/C68H132O17P2/c1-7-9-11-13-15-17-19-20-21-24-28-31-38-44-50-65(70)78-56-63(84-68(73)53-47-41-33-29-25-22-23-26-30-36-42-48-60(3)4)58-82-86(74,75)80-54-62(69)55-81-87(76,77)83-59-64(57-79-66(71)51-45-39-35-34-37-43-49-61(5)6)85-67(72)52-46-40-32-27-18-16-14-12-10-8-2/h60-64,69H,7-59H2,1-6H3,(H,74,75)(H,76,77)/t62-,63-,64-/m1/s1. The van der Waals surface area contributed by atoms with Crippen molar-refractivity contribution in [3.05, 3.63) is 0 Å². The molecule has 17 nitrogen and oxygen atoms in total. The maximum atomic E-state index is 13.0. The number of rotatable bonds is 67. The number of hydrogen-bond donors (Lipinski definition) is 3. The van der Waals surface area contributed by atoms with E-state index in [2.05, 4.69) is 41.5 Å². The maximum Gasteiger partial charge on any atom is 0.472 e. The fraction of sp³-hybridized carbons (Fsp3) is 0.941. The summed E-state index contributed by atoms with van der Waals surface area (Å²) in [5, 5.41) is 10.6. The molecule has 0 amide bonds. The van der Waals surface area contributed by atoms with Gasteiger partial charge in [0.25, 0.3) is 0 Å². The van der Waals surface area contributed by atoms with Crippen LogP contribution < -0.4 is 0 Å². The molecule has 0 saturated carbocycles. The minimum atomic E-state index is -4.95. The molecule has 19 heteroatoms. The summed E-state index contributed by atoms with van der Waals surface area (Å²) in [6, 6.07) is 0. The van der Waals surface area contributed by atoms with Crippen LogP contribution in [0, 0.1) is 11.8 Å². The summed E-state index contributed by atoms with van der Waals surface area (Å²) >= 11 is 0. The Morgan fingerprint density at radius 1 is 0.310 bits per heavy atom. The van der Waals surface area contributed by atoms with E-state index in [9.17, 15) is 43.2 Å². The molecule has 0 fully saturated rings. The van der Waals surface area contributed by atoms with Crippen molar-refractivity contribution in [1.82, 2.24) is 0 Å². The van der Waals surface area contributed by atoms with Crippen LogP contribution in [0.15, 0.2) is 0 Å². The molecule has 87 heavy (non-hydrogen) atoms. The van der Waals surface area contributed by atoms with Gasteiger partial charge in [0, 0.05) is 25.7 Å². The molecule has 0 rings (SSSR count). The molecule has 0 aromatic carbocycles. The highest BCUT2D eigenvalue weighted by molar-refractivity contribution is 7.47. The highest BCUT2D eigenvalue weighted by Gasteiger charge is 2.30. The lowest BCUT2D eigenvalue weighted by molar-refractivity contribution is -0.161. The van der Waals surface area contributed by atoms with E-state index in [1.54, 1.807) is 0 Å². The van der Waals surface area contributed by atoms with E-state index in [4.69, 9.17) is 37.0 Å². The molecular weight excluding hydrogens is 1150 g/mol. The molecular formula is C68H132O17P2. The monoisotopic (exact) mass is 1280 g/mol. The van der Waals surface area contributed by atoms with Crippen LogP contribution >= 0.6 is 15.6 Å². The van der Waals surface area contributed by atoms with Crippen molar-refractivity contribution in [3.63, 3.8) is 0 Å². The van der Waals surface area contributed by atoms with Crippen molar-refractivity contribution in [2.45, 2.75) is 362 Å². The Morgan fingerprint density at radius 3 is 0.782 bits per heavy atom. The summed E-state index contributed by atoms with van der Waals surface area (Å²) in [6.45, 7) is 9.44. The molecule has 0 aliphatic carbocycles. The minimum Gasteiger partial charge on any atom is -0.462 e. The third-order valence-corrected chi connectivity index (χ3v) is 17.6. The van der Waals surface area contributed by atoms with Gasteiger partial charge < -0.3 is 33.8 Å². The summed E-state index contributed by atoms with van der Waals surface area (Å²) in [5.74, 6) is -0.683. The fourth-order valence-electron chi connectivity index (χ4n) is 10.2. The van der Waals surface area contributed by atoms with Crippen LogP contribution in [0.1, 0.15) is 343 Å². The zero-order valence-corrected chi connectivity index (χ0v) is 58.1. The first-order valence-corrected chi connectivity index (χ1v) is 38.5. The number of phosphoric ester groups is 2. The minimum absolute atomic E-state index is 0.105. The molecule has 0 spiro atoms. The van der Waals surface area contributed by atoms with Crippen molar-refractivity contribution in [1.29, 1.82) is 0 Å². The first-order valence-electron chi connectivity index (χ1n) is 35.5. The van der Waals surface area contributed by atoms with Gasteiger partial charge in [-0.05, 0) is 37.5 Å². The quantitative estimate of drug-likeness (QED) is 0.0222. The molecule has 0 aliphatic rings. The van der Waals surface area contributed by atoms with Gasteiger partial charge in [0.05, 0.1) is 26.4 Å². The van der Waals surface area contributed by atoms with Gasteiger partial charge in [-0.2, -0.15) is 0 Å². The topological polar surface area (TPSA) is 237 Å². The zero-order chi connectivity index (χ0) is 64.3. The zero-order valence-electron chi connectivity index (χ0n) is 56.3. The summed E-state index contributed by atoms with van der Waals surface area (Å²) in [6.07, 6.45) is 44.5. The molecule has 3 N–H and O–H groups in total. The van der Waals surface area contributed by atoms with Crippen LogP contribution in [-0.2, 0) is 65.4 Å². The first-order chi connectivity index (χ1) is 41.9. The lowest BCUT2D eigenvalue weighted by Gasteiger charge is -2.21. The molecule has 0 aromatic rings. The van der Waals surface area contributed by atoms with Gasteiger partial charge in [0.15, 0.2) is 12.2 Å². The van der Waals surface area contributed by atoms with Crippen molar-refractivity contribution >= 4 is 39.5 Å². The molecule has 516 valence electrons. The Hall–Kier alpha value is -1.94. The number of aliphatic hydroxyl groups excluding tert-OH is 1. The van der Waals surface area contributed by atoms with E-state index < -0.39 is 97.5 Å². The SMILES string of the molecule is CCCCCCCCCCCCCCCCC(=O)OC[C@H](COP(=O)(O)OC[C@@H](O)COP(=O)(O)OC[C@@H](COC(=O)CCCCCCCCC(C)C)OC(=O)CCCCCCCCCCCC)OC(=O)CCCCCCCCCCCCCC(C)C. The van der Waals surface area contributed by atoms with Gasteiger partial charge in [0.1, 0.15) is 19.3 Å². The van der Waals surface area contributed by atoms with E-state index in [1.807, 2.05) is 0 Å². The highest BCUT2D eigenvalue weighted by Crippen LogP contribution is 2.45. The third kappa shape index (κ3) is 62.6. The van der Waals surface area contributed by atoms with Crippen LogP contribution in [0.2, 0.25) is 0 Å². The van der Waals surface area contributed by atoms with Crippen molar-refractivity contribution in [2.24, 2.45) is 11.8 Å². The van der Waals surface area contributed by atoms with E-state index in [1.165, 1.54) is 154 Å². The largest absolute Gasteiger partial charge is 0.472 e. The van der Waals surface area contributed by atoms with Crippen molar-refractivity contribution in [3.8, 4) is 0 Å². The average Bonchev–Trinajstić information content (AvgIpc) is 3.70. The second-order valence-corrected chi connectivity index (χ2v) is 28.4. The summed E-state index contributed by atoms with van der Waals surface area (Å²) in [5.41, 5.74) is 0. The number of unbranched alkanes of at least 4 members (excludes halogenated alkanes) is 37. The number of ether oxygens (including phenoxy) is 4. The van der Waals surface area contributed by atoms with Crippen LogP contribution in [-0.4, -0.2) is 96.7 Å². The Labute approximate surface area is 530 Å².